The van der Waals surface area contributed by atoms with E-state index in [1.165, 1.54) is 11.8 Å². The molecule has 0 spiro atoms. The van der Waals surface area contributed by atoms with Gasteiger partial charge in [0.05, 0.1) is 5.69 Å². The van der Waals surface area contributed by atoms with Crippen LogP contribution in [-0.4, -0.2) is 17.3 Å². The maximum Gasteiger partial charge on any atom is 0.283 e. The van der Waals surface area contributed by atoms with Crippen molar-refractivity contribution in [1.82, 2.24) is 0 Å². The van der Waals surface area contributed by atoms with Crippen LogP contribution in [0.5, 0.6) is 0 Å². The minimum absolute atomic E-state index is 0.0885. The number of carbonyl (C=O) groups excluding carboxylic acids is 1. The predicted molar refractivity (Wildman–Crippen MR) is 89.3 cm³/mol. The van der Waals surface area contributed by atoms with Crippen LogP contribution in [0, 0.1) is 0 Å². The van der Waals surface area contributed by atoms with Crippen molar-refractivity contribution in [1.29, 1.82) is 0 Å². The quantitative estimate of drug-likeness (QED) is 0.789. The molecular weight excluding hydrogens is 280 g/mol. The molecule has 1 amide bonds. The van der Waals surface area contributed by atoms with Crippen LogP contribution < -0.4 is 4.90 Å². The monoisotopic (exact) mass is 294 g/mol. The van der Waals surface area contributed by atoms with Gasteiger partial charge in [-0.05, 0) is 30.0 Å². The van der Waals surface area contributed by atoms with Crippen LogP contribution >= 0.6 is 11.8 Å². The van der Waals surface area contributed by atoms with Crippen molar-refractivity contribution in [3.63, 3.8) is 0 Å². The van der Waals surface area contributed by atoms with Crippen LogP contribution in [0.1, 0.15) is 5.56 Å². The van der Waals surface area contributed by atoms with Crippen LogP contribution in [0.4, 0.5) is 5.69 Å². The Bertz CT molecular complexity index is 708. The zero-order valence-electron chi connectivity index (χ0n) is 11.6. The first kappa shape index (κ1) is 13.6. The molecule has 0 bridgehead atoms. The molecule has 3 nitrogen and oxygen atoms in total. The Morgan fingerprint density at radius 1 is 1.00 bits per heavy atom. The van der Waals surface area contributed by atoms with E-state index in [1.807, 2.05) is 73.0 Å². The average Bonchev–Trinajstić information content (AvgIpc) is 2.85. The maximum absolute atomic E-state index is 12.6. The Labute approximate surface area is 128 Å². The Hall–Kier alpha value is -2.33. The topological polar surface area (TPSA) is 32.7 Å². The summed E-state index contributed by atoms with van der Waals surface area (Å²) in [6.07, 6.45) is 3.75. The van der Waals surface area contributed by atoms with Gasteiger partial charge in [-0.1, -0.05) is 60.3 Å². The number of amides is 1. The highest BCUT2D eigenvalue weighted by Crippen LogP contribution is 2.28. The first-order chi connectivity index (χ1) is 10.3. The minimum atomic E-state index is -0.0885. The summed E-state index contributed by atoms with van der Waals surface area (Å²) < 4.78 is 0. The first-order valence-electron chi connectivity index (χ1n) is 6.58. The molecule has 0 saturated heterocycles. The molecule has 104 valence electrons. The molecule has 0 aliphatic carbocycles. The summed E-state index contributed by atoms with van der Waals surface area (Å²) in [4.78, 5) is 18.7. The van der Waals surface area contributed by atoms with Crippen LogP contribution in [0.15, 0.2) is 71.4 Å². The molecular formula is C17H14N2OS. The molecule has 1 aliphatic heterocycles. The lowest BCUT2D eigenvalue weighted by molar-refractivity contribution is -0.113. The summed E-state index contributed by atoms with van der Waals surface area (Å²) in [6.45, 7) is 0. The van der Waals surface area contributed by atoms with Gasteiger partial charge in [0.25, 0.3) is 5.91 Å². The van der Waals surface area contributed by atoms with E-state index in [0.29, 0.717) is 10.9 Å². The molecule has 0 fully saturated rings. The van der Waals surface area contributed by atoms with Crippen LogP contribution in [-0.2, 0) is 4.79 Å². The maximum atomic E-state index is 12.6. The molecule has 0 N–H and O–H groups in total. The zero-order chi connectivity index (χ0) is 14.7. The molecule has 2 aromatic carbocycles. The van der Waals surface area contributed by atoms with E-state index in [1.54, 1.807) is 4.90 Å². The second-order valence-electron chi connectivity index (χ2n) is 4.51. The number of benzene rings is 2. The van der Waals surface area contributed by atoms with Crippen LogP contribution in [0.3, 0.4) is 0 Å². The number of aliphatic imine (C=N–C) groups is 1. The summed E-state index contributed by atoms with van der Waals surface area (Å²) in [5.74, 6) is -0.0885. The van der Waals surface area contributed by atoms with Crippen molar-refractivity contribution in [3.8, 4) is 0 Å². The highest BCUT2D eigenvalue weighted by Gasteiger charge is 2.30. The molecule has 4 heteroatoms. The second-order valence-corrected chi connectivity index (χ2v) is 5.29. The van der Waals surface area contributed by atoms with Crippen molar-refractivity contribution in [3.05, 3.63) is 71.9 Å². The van der Waals surface area contributed by atoms with E-state index >= 15 is 0 Å². The second kappa shape index (κ2) is 5.97. The lowest BCUT2D eigenvalue weighted by Crippen LogP contribution is -2.29. The van der Waals surface area contributed by atoms with Crippen molar-refractivity contribution in [2.75, 3.05) is 11.2 Å². The molecule has 3 rings (SSSR count). The molecule has 0 saturated carbocycles. The molecule has 1 heterocycles. The number of para-hydroxylation sites is 1. The fraction of sp³-hybridized carbons (Fsp3) is 0.0588. The minimum Gasteiger partial charge on any atom is -0.266 e. The predicted octanol–water partition coefficient (Wildman–Crippen LogP) is 3.79. The summed E-state index contributed by atoms with van der Waals surface area (Å²) in [7, 11) is 0. The normalized spacial score (nSPS) is 16.4. The number of nitrogens with zero attached hydrogens (tertiary/aromatic N) is 2. The molecule has 0 aromatic heterocycles. The highest BCUT2D eigenvalue weighted by molar-refractivity contribution is 8.13. The van der Waals surface area contributed by atoms with Gasteiger partial charge in [0.2, 0.25) is 0 Å². The summed E-state index contributed by atoms with van der Waals surface area (Å²) in [5.41, 5.74) is 2.28. The van der Waals surface area contributed by atoms with E-state index < -0.39 is 0 Å². The summed E-state index contributed by atoms with van der Waals surface area (Å²) in [5, 5.41) is 0.702. The number of carbonyl (C=O) groups is 1. The van der Waals surface area contributed by atoms with Crippen LogP contribution in [0.25, 0.3) is 6.08 Å². The van der Waals surface area contributed by atoms with E-state index in [9.17, 15) is 4.79 Å². The molecule has 0 unspecified atom stereocenters. The number of rotatable bonds is 2. The summed E-state index contributed by atoms with van der Waals surface area (Å²) in [6, 6.07) is 19.3. The first-order valence-corrected chi connectivity index (χ1v) is 7.81. The van der Waals surface area contributed by atoms with Gasteiger partial charge in [-0.15, -0.1) is 0 Å². The molecule has 1 aliphatic rings. The van der Waals surface area contributed by atoms with Crippen molar-refractivity contribution in [2.24, 2.45) is 4.99 Å². The summed E-state index contributed by atoms with van der Waals surface area (Å²) >= 11 is 1.47. The molecule has 0 atom stereocenters. The van der Waals surface area contributed by atoms with E-state index in [-0.39, 0.29) is 5.91 Å². The average molecular weight is 294 g/mol. The third-order valence-electron chi connectivity index (χ3n) is 3.13. The van der Waals surface area contributed by atoms with Crippen molar-refractivity contribution < 1.29 is 4.79 Å². The van der Waals surface area contributed by atoms with Gasteiger partial charge >= 0.3 is 0 Å². The standard InChI is InChI=1S/C17H14N2OS/c1-21-17-18-15(12-13-8-4-2-5-9-13)16(20)19(17)14-10-6-3-7-11-14/h2-12H,1H3. The Kier molecular flexibility index (Phi) is 3.88. The fourth-order valence-corrected chi connectivity index (χ4v) is 2.71. The Morgan fingerprint density at radius 2 is 1.62 bits per heavy atom. The van der Waals surface area contributed by atoms with Gasteiger partial charge in [-0.3, -0.25) is 9.69 Å². The van der Waals surface area contributed by atoms with E-state index in [4.69, 9.17) is 0 Å². The Balaban J connectivity index is 1.98. The van der Waals surface area contributed by atoms with Crippen LogP contribution in [0.2, 0.25) is 0 Å². The number of thioether (sulfide) groups is 1. The SMILES string of the molecule is CSC1=NC(=Cc2ccccc2)C(=O)N1c1ccccc1. The Morgan fingerprint density at radius 3 is 2.24 bits per heavy atom. The number of amidine groups is 1. The highest BCUT2D eigenvalue weighted by atomic mass is 32.2. The lowest BCUT2D eigenvalue weighted by Gasteiger charge is -2.16. The van der Waals surface area contributed by atoms with Crippen molar-refractivity contribution in [2.45, 2.75) is 0 Å². The zero-order valence-corrected chi connectivity index (χ0v) is 12.4. The van der Waals surface area contributed by atoms with Gasteiger partial charge in [-0.25, -0.2) is 4.99 Å². The van der Waals surface area contributed by atoms with Crippen molar-refractivity contribution >= 4 is 34.6 Å². The smallest absolute Gasteiger partial charge is 0.266 e. The van der Waals surface area contributed by atoms with Gasteiger partial charge < -0.3 is 0 Å². The largest absolute Gasteiger partial charge is 0.283 e. The number of hydrogen-bond donors (Lipinski definition) is 0. The lowest BCUT2D eigenvalue weighted by atomic mass is 10.2. The third kappa shape index (κ3) is 2.76. The van der Waals surface area contributed by atoms with E-state index in [2.05, 4.69) is 4.99 Å². The van der Waals surface area contributed by atoms with Gasteiger partial charge in [0.15, 0.2) is 5.17 Å². The van der Waals surface area contributed by atoms with Gasteiger partial charge in [0, 0.05) is 0 Å². The molecule has 21 heavy (non-hydrogen) atoms. The fourth-order valence-electron chi connectivity index (χ4n) is 2.15. The van der Waals surface area contributed by atoms with Gasteiger partial charge in [0.1, 0.15) is 5.70 Å². The number of anilines is 1. The third-order valence-corrected chi connectivity index (χ3v) is 3.77. The van der Waals surface area contributed by atoms with Gasteiger partial charge in [-0.2, -0.15) is 0 Å². The van der Waals surface area contributed by atoms with E-state index in [0.717, 1.165) is 11.3 Å². The molecule has 0 radical (unpaired) electrons. The molecule has 2 aromatic rings. The number of hydrogen-bond acceptors (Lipinski definition) is 3.